The number of ketones is 1. The Kier molecular flexibility index (Phi) is 4.19. The molecule has 4 heteroatoms. The lowest BCUT2D eigenvalue weighted by atomic mass is 9.97. The number of hydrogen-bond donors (Lipinski definition) is 0. The van der Waals surface area contributed by atoms with Crippen LogP contribution in [0.4, 0.5) is 0 Å². The summed E-state index contributed by atoms with van der Waals surface area (Å²) in [6, 6.07) is 8.39. The minimum absolute atomic E-state index is 0.110. The molecule has 0 atom stereocenters. The van der Waals surface area contributed by atoms with Crippen molar-refractivity contribution in [2.24, 2.45) is 0 Å². The Morgan fingerprint density at radius 3 is 2.00 bits per heavy atom. The largest absolute Gasteiger partial charge is 0.289 e. The van der Waals surface area contributed by atoms with Crippen molar-refractivity contribution >= 4 is 40.6 Å². The second-order valence-electron chi connectivity index (χ2n) is 4.40. The predicted molar refractivity (Wildman–Crippen MR) is 80.8 cm³/mol. The molecule has 2 aromatic rings. The van der Waals surface area contributed by atoms with E-state index >= 15 is 0 Å². The summed E-state index contributed by atoms with van der Waals surface area (Å²) in [5.41, 5.74) is 2.78. The lowest BCUT2D eigenvalue weighted by Crippen LogP contribution is -2.04. The van der Waals surface area contributed by atoms with Gasteiger partial charge in [0.1, 0.15) is 0 Å². The normalized spacial score (nSPS) is 10.6. The quantitative estimate of drug-likeness (QED) is 0.670. The number of halogens is 3. The molecule has 0 N–H and O–H groups in total. The Morgan fingerprint density at radius 2 is 1.42 bits per heavy atom. The van der Waals surface area contributed by atoms with E-state index in [1.807, 2.05) is 13.8 Å². The van der Waals surface area contributed by atoms with Crippen molar-refractivity contribution < 1.29 is 4.79 Å². The molecule has 0 saturated carbocycles. The van der Waals surface area contributed by atoms with Crippen molar-refractivity contribution in [3.8, 4) is 0 Å². The maximum atomic E-state index is 12.5. The lowest BCUT2D eigenvalue weighted by Gasteiger charge is -2.09. The zero-order valence-corrected chi connectivity index (χ0v) is 12.7. The van der Waals surface area contributed by atoms with Crippen LogP contribution in [0.3, 0.4) is 0 Å². The minimum Gasteiger partial charge on any atom is -0.289 e. The molecule has 1 nitrogen and oxygen atoms in total. The molecule has 2 aromatic carbocycles. The van der Waals surface area contributed by atoms with Crippen molar-refractivity contribution in [1.29, 1.82) is 0 Å². The first-order valence-corrected chi connectivity index (χ1v) is 6.79. The van der Waals surface area contributed by atoms with Crippen LogP contribution < -0.4 is 0 Å². The van der Waals surface area contributed by atoms with Crippen LogP contribution in [0.5, 0.6) is 0 Å². The first-order valence-electron chi connectivity index (χ1n) is 5.66. The van der Waals surface area contributed by atoms with E-state index in [-0.39, 0.29) is 5.78 Å². The molecule has 0 amide bonds. The van der Waals surface area contributed by atoms with Crippen LogP contribution in [0.15, 0.2) is 30.3 Å². The van der Waals surface area contributed by atoms with Gasteiger partial charge < -0.3 is 0 Å². The smallest absolute Gasteiger partial charge is 0.193 e. The summed E-state index contributed by atoms with van der Waals surface area (Å²) in [6.07, 6.45) is 0. The van der Waals surface area contributed by atoms with Gasteiger partial charge in [-0.05, 0) is 55.3 Å². The van der Waals surface area contributed by atoms with E-state index in [2.05, 4.69) is 0 Å². The number of carbonyl (C=O) groups is 1. The van der Waals surface area contributed by atoms with Crippen molar-refractivity contribution in [2.45, 2.75) is 13.8 Å². The summed E-state index contributed by atoms with van der Waals surface area (Å²) in [6.45, 7) is 3.72. The summed E-state index contributed by atoms with van der Waals surface area (Å²) in [5, 5.41) is 1.54. The van der Waals surface area contributed by atoms with E-state index < -0.39 is 0 Å². The fraction of sp³-hybridized carbons (Fsp3) is 0.133. The van der Waals surface area contributed by atoms with Gasteiger partial charge in [-0.15, -0.1) is 0 Å². The van der Waals surface area contributed by atoms with E-state index in [9.17, 15) is 4.79 Å². The minimum atomic E-state index is -0.110. The maximum Gasteiger partial charge on any atom is 0.193 e. The fourth-order valence-corrected chi connectivity index (χ4v) is 2.61. The highest BCUT2D eigenvalue weighted by atomic mass is 35.5. The molecule has 2 rings (SSSR count). The Bertz CT molecular complexity index is 642. The molecule has 0 spiro atoms. The first kappa shape index (κ1) is 14.4. The molecule has 0 aliphatic rings. The summed E-state index contributed by atoms with van der Waals surface area (Å²) in [5.74, 6) is -0.110. The Morgan fingerprint density at radius 1 is 0.842 bits per heavy atom. The molecule has 0 unspecified atom stereocenters. The number of rotatable bonds is 2. The van der Waals surface area contributed by atoms with Gasteiger partial charge in [-0.2, -0.15) is 0 Å². The molecule has 0 aliphatic heterocycles. The monoisotopic (exact) mass is 312 g/mol. The number of benzene rings is 2. The summed E-state index contributed by atoms with van der Waals surface area (Å²) < 4.78 is 0. The topological polar surface area (TPSA) is 17.1 Å². The van der Waals surface area contributed by atoms with Gasteiger partial charge in [0.15, 0.2) is 5.78 Å². The average Bonchev–Trinajstić information content (AvgIpc) is 2.31. The number of hydrogen-bond acceptors (Lipinski definition) is 1. The maximum absolute atomic E-state index is 12.5. The van der Waals surface area contributed by atoms with Crippen LogP contribution in [-0.4, -0.2) is 5.78 Å². The third-order valence-corrected chi connectivity index (χ3v) is 3.72. The third-order valence-electron chi connectivity index (χ3n) is 2.87. The van der Waals surface area contributed by atoms with Gasteiger partial charge >= 0.3 is 0 Å². The van der Waals surface area contributed by atoms with Crippen LogP contribution in [0, 0.1) is 13.8 Å². The zero-order chi connectivity index (χ0) is 14.2. The van der Waals surface area contributed by atoms with E-state index in [1.54, 1.807) is 30.3 Å². The molecule has 0 radical (unpaired) electrons. The second-order valence-corrected chi connectivity index (χ2v) is 5.68. The van der Waals surface area contributed by atoms with Crippen LogP contribution in [0.1, 0.15) is 27.0 Å². The fourth-order valence-electron chi connectivity index (χ4n) is 1.87. The van der Waals surface area contributed by atoms with Crippen LogP contribution in [0.2, 0.25) is 15.1 Å². The molecular formula is C15H11Cl3O. The zero-order valence-electron chi connectivity index (χ0n) is 10.4. The molecule has 19 heavy (non-hydrogen) atoms. The molecule has 0 aromatic heterocycles. The summed E-state index contributed by atoms with van der Waals surface area (Å²) in [7, 11) is 0. The van der Waals surface area contributed by atoms with Crippen LogP contribution >= 0.6 is 34.8 Å². The molecule has 0 fully saturated rings. The lowest BCUT2D eigenvalue weighted by molar-refractivity contribution is 0.103. The molecule has 0 bridgehead atoms. The molecule has 0 aliphatic carbocycles. The third kappa shape index (κ3) is 3.11. The van der Waals surface area contributed by atoms with Gasteiger partial charge in [0.05, 0.1) is 0 Å². The van der Waals surface area contributed by atoms with E-state index in [0.717, 1.165) is 11.1 Å². The van der Waals surface area contributed by atoms with Gasteiger partial charge in [-0.3, -0.25) is 4.79 Å². The molecule has 0 heterocycles. The van der Waals surface area contributed by atoms with E-state index in [0.29, 0.717) is 26.2 Å². The SMILES string of the molecule is Cc1cc(C(=O)c2cc(Cl)cc(Cl)c2)c(C)cc1Cl. The van der Waals surface area contributed by atoms with Gasteiger partial charge in [-0.1, -0.05) is 34.8 Å². The molecule has 0 saturated heterocycles. The Balaban J connectivity index is 2.53. The van der Waals surface area contributed by atoms with Crippen LogP contribution in [0.25, 0.3) is 0 Å². The van der Waals surface area contributed by atoms with E-state index in [1.165, 1.54) is 0 Å². The van der Waals surface area contributed by atoms with Crippen LogP contribution in [-0.2, 0) is 0 Å². The summed E-state index contributed by atoms with van der Waals surface area (Å²) >= 11 is 17.9. The van der Waals surface area contributed by atoms with Crippen molar-refractivity contribution in [1.82, 2.24) is 0 Å². The van der Waals surface area contributed by atoms with Crippen molar-refractivity contribution in [3.05, 3.63) is 67.7 Å². The van der Waals surface area contributed by atoms with Gasteiger partial charge in [0.25, 0.3) is 0 Å². The molecule has 98 valence electrons. The van der Waals surface area contributed by atoms with Gasteiger partial charge in [0.2, 0.25) is 0 Å². The van der Waals surface area contributed by atoms with Crippen molar-refractivity contribution in [2.75, 3.05) is 0 Å². The Hall–Kier alpha value is -1.02. The number of aryl methyl sites for hydroxylation is 2. The second kappa shape index (κ2) is 5.54. The van der Waals surface area contributed by atoms with Gasteiger partial charge in [0, 0.05) is 26.2 Å². The molecular weight excluding hydrogens is 303 g/mol. The highest BCUT2D eigenvalue weighted by Crippen LogP contribution is 2.25. The Labute approximate surface area is 127 Å². The van der Waals surface area contributed by atoms with Gasteiger partial charge in [-0.25, -0.2) is 0 Å². The van der Waals surface area contributed by atoms with E-state index in [4.69, 9.17) is 34.8 Å². The highest BCUT2D eigenvalue weighted by molar-refractivity contribution is 6.35. The standard InChI is InChI=1S/C15H11Cl3O/c1-8-4-14(18)9(2)3-13(8)15(19)10-5-11(16)7-12(17)6-10/h3-7H,1-2H3. The average molecular weight is 314 g/mol. The predicted octanol–water partition coefficient (Wildman–Crippen LogP) is 5.49. The van der Waals surface area contributed by atoms with Crippen molar-refractivity contribution in [3.63, 3.8) is 0 Å². The first-order chi connectivity index (χ1) is 8.88. The summed E-state index contributed by atoms with van der Waals surface area (Å²) in [4.78, 5) is 12.5. The number of carbonyl (C=O) groups excluding carboxylic acids is 1. The highest BCUT2D eigenvalue weighted by Gasteiger charge is 2.14.